The Bertz CT molecular complexity index is 1010. The van der Waals surface area contributed by atoms with Crippen molar-refractivity contribution in [2.45, 2.75) is 38.6 Å². The molecule has 0 aliphatic heterocycles. The summed E-state index contributed by atoms with van der Waals surface area (Å²) in [5.74, 6) is 4.66. The van der Waals surface area contributed by atoms with E-state index >= 15 is 0 Å². The fraction of sp³-hybridized carbons (Fsp3) is 0.417. The summed E-state index contributed by atoms with van der Waals surface area (Å²) in [6.45, 7) is 4.37. The Morgan fingerprint density at radius 3 is 2.38 bits per heavy atom. The molecule has 2 aromatic rings. The molecule has 2 N–H and O–H groups in total. The van der Waals surface area contributed by atoms with Crippen molar-refractivity contribution in [3.8, 4) is 11.5 Å². The van der Waals surface area contributed by atoms with Crippen LogP contribution in [-0.2, 0) is 27.3 Å². The van der Waals surface area contributed by atoms with Gasteiger partial charge in [-0.3, -0.25) is 9.00 Å². The van der Waals surface area contributed by atoms with Gasteiger partial charge in [-0.2, -0.15) is 0 Å². The van der Waals surface area contributed by atoms with Crippen molar-refractivity contribution in [3.63, 3.8) is 0 Å². The first-order valence-corrected chi connectivity index (χ1v) is 12.9. The molecule has 2 rings (SSSR count). The van der Waals surface area contributed by atoms with Crippen LogP contribution < -0.4 is 19.5 Å². The number of aryl methyl sites for hydroxylation is 1. The quantitative estimate of drug-likeness (QED) is 0.359. The topological polar surface area (TPSA) is 76.7 Å². The molecule has 2 aromatic carbocycles. The van der Waals surface area contributed by atoms with E-state index in [-0.39, 0.29) is 5.91 Å². The monoisotopic (exact) mass is 480 g/mol. The maximum atomic E-state index is 12.4. The lowest BCUT2D eigenvalue weighted by Gasteiger charge is -2.25. The van der Waals surface area contributed by atoms with Gasteiger partial charge in [-0.15, -0.1) is 0 Å². The Morgan fingerprint density at radius 2 is 1.75 bits per heavy atom. The van der Waals surface area contributed by atoms with Gasteiger partial charge < -0.3 is 14.8 Å². The van der Waals surface area contributed by atoms with Gasteiger partial charge in [0.05, 0.1) is 13.7 Å². The average molecular weight is 481 g/mol. The molecule has 8 heteroatoms. The Labute approximate surface area is 196 Å². The minimum atomic E-state index is -2.49. The second-order valence-electron chi connectivity index (χ2n) is 8.30. The number of ether oxygens (including phenoxy) is 2. The van der Waals surface area contributed by atoms with Crippen molar-refractivity contribution in [3.05, 3.63) is 58.6 Å². The van der Waals surface area contributed by atoms with E-state index in [2.05, 4.69) is 15.9 Å². The predicted octanol–water partition coefficient (Wildman–Crippen LogP) is 3.65. The number of hydrogen-bond donors (Lipinski definition) is 2. The number of carbonyl (C=O) groups is 1. The first kappa shape index (κ1) is 26.0. The lowest BCUT2D eigenvalue weighted by Crippen LogP contribution is -2.54. The van der Waals surface area contributed by atoms with Gasteiger partial charge in [0.25, 0.3) is 0 Å². The van der Waals surface area contributed by atoms with Crippen molar-refractivity contribution in [2.24, 2.45) is 0 Å². The van der Waals surface area contributed by atoms with E-state index in [4.69, 9.17) is 21.1 Å². The highest BCUT2D eigenvalue weighted by molar-refractivity contribution is 7.97. The Balaban J connectivity index is 1.83. The van der Waals surface area contributed by atoms with Crippen LogP contribution in [0.2, 0.25) is 5.02 Å². The summed E-state index contributed by atoms with van der Waals surface area (Å²) in [6.07, 6.45) is 3.87. The zero-order valence-corrected chi connectivity index (χ0v) is 20.8. The van der Waals surface area contributed by atoms with Crippen LogP contribution in [0.5, 0.6) is 11.5 Å². The maximum Gasteiger partial charge on any atom is 0.240 e. The maximum absolute atomic E-state index is 12.4. The van der Waals surface area contributed by atoms with Gasteiger partial charge in [0, 0.05) is 27.5 Å². The van der Waals surface area contributed by atoms with E-state index in [0.717, 1.165) is 23.4 Å². The highest BCUT2D eigenvalue weighted by Crippen LogP contribution is 2.28. The van der Waals surface area contributed by atoms with Crippen LogP contribution in [-0.4, -0.2) is 48.0 Å². The van der Waals surface area contributed by atoms with Crippen molar-refractivity contribution in [2.75, 3.05) is 26.5 Å². The van der Waals surface area contributed by atoms with Gasteiger partial charge in [0.15, 0.2) is 11.5 Å². The van der Waals surface area contributed by atoms with Crippen LogP contribution in [0.4, 0.5) is 0 Å². The fourth-order valence-electron chi connectivity index (χ4n) is 3.22. The van der Waals surface area contributed by atoms with Crippen molar-refractivity contribution < 1.29 is 18.5 Å². The van der Waals surface area contributed by atoms with Crippen LogP contribution in [0.15, 0.2) is 42.5 Å². The van der Waals surface area contributed by atoms with Crippen LogP contribution in [0.1, 0.15) is 31.4 Å². The van der Waals surface area contributed by atoms with E-state index in [1.54, 1.807) is 21.0 Å². The van der Waals surface area contributed by atoms with Gasteiger partial charge in [0.1, 0.15) is 5.54 Å². The number of methoxy groups -OCH3 is 1. The fourth-order valence-corrected chi connectivity index (χ4v) is 4.52. The molecule has 1 unspecified atom stereocenters. The van der Waals surface area contributed by atoms with Crippen LogP contribution in [0.3, 0.4) is 0 Å². The van der Waals surface area contributed by atoms with Gasteiger partial charge >= 0.3 is 0 Å². The minimum Gasteiger partial charge on any atom is -0.493 e. The third-order valence-electron chi connectivity index (χ3n) is 4.75. The predicted molar refractivity (Wildman–Crippen MR) is 133 cm³/mol. The standard InChI is InChI=1S/C24H33ClN2O4S/c1-24(2,27-32(4,5)29)23(28)26-15-14-19-10-13-21(22(17-19)30-3)31-16-6-7-18-8-11-20(25)12-9-18/h8-13,17H,4,6-7,14-16H2,1-3,5H3,(H,26,28)(H,27,29). The number of nitrogens with one attached hydrogen (secondary N) is 2. The molecular weight excluding hydrogens is 448 g/mol. The van der Waals surface area contributed by atoms with Gasteiger partial charge in [-0.05, 0) is 74.4 Å². The second kappa shape index (κ2) is 11.6. The molecule has 0 saturated heterocycles. The summed E-state index contributed by atoms with van der Waals surface area (Å²) in [5, 5.41) is 3.61. The molecule has 0 bridgehead atoms. The largest absolute Gasteiger partial charge is 0.493 e. The molecule has 0 aromatic heterocycles. The number of rotatable bonds is 12. The summed E-state index contributed by atoms with van der Waals surface area (Å²) in [5.41, 5.74) is 1.25. The zero-order chi connectivity index (χ0) is 23.8. The average Bonchev–Trinajstić information content (AvgIpc) is 2.71. The molecule has 0 aliphatic carbocycles. The highest BCUT2D eigenvalue weighted by Gasteiger charge is 2.28. The van der Waals surface area contributed by atoms with Crippen LogP contribution in [0.25, 0.3) is 0 Å². The number of halogens is 1. The summed E-state index contributed by atoms with van der Waals surface area (Å²) in [6, 6.07) is 13.6. The van der Waals surface area contributed by atoms with Gasteiger partial charge in [-0.1, -0.05) is 29.8 Å². The lowest BCUT2D eigenvalue weighted by atomic mass is 10.1. The zero-order valence-electron chi connectivity index (χ0n) is 19.2. The number of amides is 1. The highest BCUT2D eigenvalue weighted by atomic mass is 35.5. The van der Waals surface area contributed by atoms with Crippen molar-refractivity contribution >= 4 is 33.1 Å². The molecule has 32 heavy (non-hydrogen) atoms. The molecule has 0 fully saturated rings. The first-order chi connectivity index (χ1) is 15.0. The molecule has 0 radical (unpaired) electrons. The normalized spacial score (nSPS) is 13.3. The summed E-state index contributed by atoms with van der Waals surface area (Å²) in [4.78, 5) is 12.4. The Morgan fingerprint density at radius 1 is 1.09 bits per heavy atom. The summed E-state index contributed by atoms with van der Waals surface area (Å²) in [7, 11) is -0.884. The second-order valence-corrected chi connectivity index (χ2v) is 11.0. The van der Waals surface area contributed by atoms with E-state index in [9.17, 15) is 9.00 Å². The number of benzene rings is 2. The molecular formula is C24H33ClN2O4S. The van der Waals surface area contributed by atoms with E-state index in [1.165, 1.54) is 11.8 Å². The SMILES string of the molecule is C=S(C)(=O)NC(C)(C)C(=O)NCCc1ccc(OCCCc2ccc(Cl)cc2)c(OC)c1. The van der Waals surface area contributed by atoms with Crippen molar-refractivity contribution in [1.29, 1.82) is 0 Å². The molecule has 6 nitrogen and oxygen atoms in total. The summed E-state index contributed by atoms with van der Waals surface area (Å²) < 4.78 is 26.0. The molecule has 176 valence electrons. The third-order valence-corrected chi connectivity index (χ3v) is 5.94. The van der Waals surface area contributed by atoms with Crippen LogP contribution in [0, 0.1) is 0 Å². The molecule has 0 heterocycles. The molecule has 0 saturated carbocycles. The van der Waals surface area contributed by atoms with Crippen molar-refractivity contribution in [1.82, 2.24) is 10.0 Å². The summed E-state index contributed by atoms with van der Waals surface area (Å²) >= 11 is 5.91. The minimum absolute atomic E-state index is 0.233. The van der Waals surface area contributed by atoms with Crippen LogP contribution >= 0.6 is 11.6 Å². The smallest absolute Gasteiger partial charge is 0.240 e. The van der Waals surface area contributed by atoms with E-state index in [0.29, 0.717) is 31.1 Å². The number of carbonyl (C=O) groups excluding carboxylic acids is 1. The molecule has 0 aliphatic rings. The Hall–Kier alpha value is -2.22. The van der Waals surface area contributed by atoms with E-state index in [1.807, 2.05) is 42.5 Å². The lowest BCUT2D eigenvalue weighted by molar-refractivity contribution is -0.125. The first-order valence-electron chi connectivity index (χ1n) is 10.4. The van der Waals surface area contributed by atoms with Gasteiger partial charge in [0.2, 0.25) is 5.91 Å². The number of hydrogen-bond acceptors (Lipinski definition) is 4. The third kappa shape index (κ3) is 8.73. The molecule has 0 spiro atoms. The Kier molecular flexibility index (Phi) is 9.43. The van der Waals surface area contributed by atoms with Gasteiger partial charge in [-0.25, -0.2) is 4.72 Å². The molecule has 1 atom stereocenters. The molecule has 1 amide bonds. The van der Waals surface area contributed by atoms with E-state index < -0.39 is 15.2 Å².